The van der Waals surface area contributed by atoms with Gasteiger partial charge in [-0.05, 0) is 25.0 Å². The van der Waals surface area contributed by atoms with Crippen LogP contribution in [-0.4, -0.2) is 36.8 Å². The van der Waals surface area contributed by atoms with Gasteiger partial charge in [0.05, 0.1) is 12.2 Å². The van der Waals surface area contributed by atoms with Crippen LogP contribution >= 0.6 is 22.9 Å². The molecule has 0 unspecified atom stereocenters. The fourth-order valence-electron chi connectivity index (χ4n) is 2.91. The summed E-state index contributed by atoms with van der Waals surface area (Å²) in [5, 5.41) is 10.1. The van der Waals surface area contributed by atoms with E-state index in [0.29, 0.717) is 10.0 Å². The molecule has 0 N–H and O–H groups in total. The number of hydrogen-bond donors (Lipinski definition) is 0. The number of amides is 1. The van der Waals surface area contributed by atoms with Gasteiger partial charge in [-0.25, -0.2) is 4.98 Å². The molecule has 1 aliphatic rings. The lowest BCUT2D eigenvalue weighted by Gasteiger charge is -2.20. The number of alkyl halides is 3. The molecular formula is C18H15ClF3N5OS. The molecule has 0 bridgehead atoms. The number of nitrogens with zero attached hydrogens (tertiary/aromatic N) is 5. The Balaban J connectivity index is 1.58. The molecule has 29 heavy (non-hydrogen) atoms. The van der Waals surface area contributed by atoms with Gasteiger partial charge in [-0.15, -0.1) is 21.5 Å². The van der Waals surface area contributed by atoms with Crippen LogP contribution in [0.25, 0.3) is 11.3 Å². The first-order chi connectivity index (χ1) is 13.7. The first-order valence-corrected chi connectivity index (χ1v) is 9.98. The Bertz CT molecular complexity index is 1040. The number of aryl methyl sites for hydroxylation is 1. The minimum absolute atomic E-state index is 0.117. The molecule has 0 atom stereocenters. The number of carbonyl (C=O) groups is 1. The highest BCUT2D eigenvalue weighted by Gasteiger charge is 2.43. The van der Waals surface area contributed by atoms with Crippen molar-refractivity contribution in [1.29, 1.82) is 0 Å². The summed E-state index contributed by atoms with van der Waals surface area (Å²) in [6, 6.07) is 7.06. The number of carbonyl (C=O) groups excluding carboxylic acids is 1. The van der Waals surface area contributed by atoms with Gasteiger partial charge in [-0.3, -0.25) is 4.79 Å². The summed E-state index contributed by atoms with van der Waals surface area (Å²) in [5.74, 6) is -0.781. The maximum absolute atomic E-state index is 13.2. The Kier molecular flexibility index (Phi) is 5.07. The molecule has 2 aromatic heterocycles. The standard InChI is InChI=1S/C18H15ClF3N5OS/c1-26-24-15(16(25-26)18(20,21)22)17(28)27(12-6-7-12)8-14-23-13(9-29-14)10-2-4-11(19)5-3-10/h2-5,9,12H,6-8H2,1H3. The van der Waals surface area contributed by atoms with Crippen LogP contribution in [0.2, 0.25) is 5.02 Å². The second kappa shape index (κ2) is 7.42. The summed E-state index contributed by atoms with van der Waals surface area (Å²) in [4.78, 5) is 19.6. The molecule has 1 aromatic carbocycles. The Hall–Kier alpha value is -2.46. The summed E-state index contributed by atoms with van der Waals surface area (Å²) in [5.41, 5.74) is -0.354. The van der Waals surface area contributed by atoms with Crippen molar-refractivity contribution in [2.75, 3.05) is 0 Å². The predicted octanol–water partition coefficient (Wildman–Crippen LogP) is 4.42. The van der Waals surface area contributed by atoms with Crippen molar-refractivity contribution >= 4 is 28.8 Å². The number of aromatic nitrogens is 4. The maximum atomic E-state index is 13.2. The molecule has 6 nitrogen and oxygen atoms in total. The summed E-state index contributed by atoms with van der Waals surface area (Å²) in [7, 11) is 1.26. The molecule has 152 valence electrons. The highest BCUT2D eigenvalue weighted by molar-refractivity contribution is 7.09. The van der Waals surface area contributed by atoms with Gasteiger partial charge in [0.2, 0.25) is 0 Å². The molecule has 4 rings (SSSR count). The van der Waals surface area contributed by atoms with Crippen LogP contribution in [0.4, 0.5) is 13.2 Å². The summed E-state index contributed by atoms with van der Waals surface area (Å²) >= 11 is 7.25. The SMILES string of the molecule is Cn1nc(C(=O)N(Cc2nc(-c3ccc(Cl)cc3)cs2)C2CC2)c(C(F)(F)F)n1. The summed E-state index contributed by atoms with van der Waals surface area (Å²) in [6.45, 7) is 0.121. The molecule has 0 spiro atoms. The molecule has 0 aliphatic heterocycles. The van der Waals surface area contributed by atoms with Crippen molar-refractivity contribution < 1.29 is 18.0 Å². The van der Waals surface area contributed by atoms with Gasteiger partial charge >= 0.3 is 6.18 Å². The first-order valence-electron chi connectivity index (χ1n) is 8.72. The predicted molar refractivity (Wildman–Crippen MR) is 101 cm³/mol. The zero-order valence-corrected chi connectivity index (χ0v) is 16.7. The second-order valence-corrected chi connectivity index (χ2v) is 8.06. The van der Waals surface area contributed by atoms with E-state index in [2.05, 4.69) is 15.2 Å². The van der Waals surface area contributed by atoms with E-state index in [1.807, 2.05) is 17.5 Å². The van der Waals surface area contributed by atoms with Gasteiger partial charge < -0.3 is 4.90 Å². The van der Waals surface area contributed by atoms with Crippen LogP contribution in [0.5, 0.6) is 0 Å². The van der Waals surface area contributed by atoms with E-state index in [9.17, 15) is 18.0 Å². The minimum Gasteiger partial charge on any atom is -0.327 e. The van der Waals surface area contributed by atoms with Crippen LogP contribution in [0.3, 0.4) is 0 Å². The zero-order valence-electron chi connectivity index (χ0n) is 15.1. The first kappa shape index (κ1) is 19.8. The van der Waals surface area contributed by atoms with Crippen LogP contribution in [0, 0.1) is 0 Å². The normalized spacial score (nSPS) is 14.2. The molecule has 1 fully saturated rings. The largest absolute Gasteiger partial charge is 0.437 e. The number of hydrogen-bond acceptors (Lipinski definition) is 5. The Labute approximate surface area is 172 Å². The van der Waals surface area contributed by atoms with Gasteiger partial charge in [0.15, 0.2) is 11.4 Å². The van der Waals surface area contributed by atoms with E-state index < -0.39 is 23.5 Å². The zero-order chi connectivity index (χ0) is 20.8. The number of benzene rings is 1. The van der Waals surface area contributed by atoms with Crippen LogP contribution in [-0.2, 0) is 19.8 Å². The van der Waals surface area contributed by atoms with Crippen LogP contribution in [0.15, 0.2) is 29.6 Å². The lowest BCUT2D eigenvalue weighted by molar-refractivity contribution is -0.141. The van der Waals surface area contributed by atoms with E-state index >= 15 is 0 Å². The average Bonchev–Trinajstić information content (AvgIpc) is 3.25. The minimum atomic E-state index is -4.75. The lowest BCUT2D eigenvalue weighted by Crippen LogP contribution is -2.34. The van der Waals surface area contributed by atoms with Gasteiger partial charge in [-0.1, -0.05) is 23.7 Å². The quantitative estimate of drug-likeness (QED) is 0.588. The lowest BCUT2D eigenvalue weighted by atomic mass is 10.2. The van der Waals surface area contributed by atoms with E-state index in [1.54, 1.807) is 12.1 Å². The highest BCUT2D eigenvalue weighted by atomic mass is 35.5. The molecule has 1 amide bonds. The Morgan fingerprint density at radius 3 is 2.59 bits per heavy atom. The fourth-order valence-corrected chi connectivity index (χ4v) is 3.84. The van der Waals surface area contributed by atoms with E-state index in [0.717, 1.165) is 28.9 Å². The molecule has 1 saturated carbocycles. The average molecular weight is 442 g/mol. The number of halogens is 4. The maximum Gasteiger partial charge on any atom is 0.437 e. The summed E-state index contributed by atoms with van der Waals surface area (Å²) in [6.07, 6.45) is -3.27. The number of thiazole rings is 1. The van der Waals surface area contributed by atoms with E-state index in [-0.39, 0.29) is 12.6 Å². The third-order valence-electron chi connectivity index (χ3n) is 4.43. The van der Waals surface area contributed by atoms with Crippen molar-refractivity contribution in [1.82, 2.24) is 24.9 Å². The third-order valence-corrected chi connectivity index (χ3v) is 5.52. The Morgan fingerprint density at radius 2 is 1.97 bits per heavy atom. The Morgan fingerprint density at radius 1 is 1.28 bits per heavy atom. The van der Waals surface area contributed by atoms with Gasteiger partial charge in [0.25, 0.3) is 5.91 Å². The molecule has 3 aromatic rings. The molecule has 0 saturated heterocycles. The molecule has 11 heteroatoms. The highest BCUT2D eigenvalue weighted by Crippen LogP contribution is 2.34. The third kappa shape index (κ3) is 4.27. The van der Waals surface area contributed by atoms with Crippen LogP contribution in [0.1, 0.15) is 34.0 Å². The van der Waals surface area contributed by atoms with Crippen molar-refractivity contribution in [3.05, 3.63) is 51.1 Å². The van der Waals surface area contributed by atoms with Crippen LogP contribution < -0.4 is 0 Å². The molecule has 1 aliphatic carbocycles. The van der Waals surface area contributed by atoms with Crippen molar-refractivity contribution in [2.45, 2.75) is 31.6 Å². The fraction of sp³-hybridized carbons (Fsp3) is 0.333. The molecule has 2 heterocycles. The number of rotatable bonds is 5. The smallest absolute Gasteiger partial charge is 0.327 e. The van der Waals surface area contributed by atoms with Gasteiger partial charge in [0, 0.05) is 29.1 Å². The van der Waals surface area contributed by atoms with Gasteiger partial charge in [0.1, 0.15) is 5.01 Å². The van der Waals surface area contributed by atoms with E-state index in [4.69, 9.17) is 11.6 Å². The van der Waals surface area contributed by atoms with Crippen molar-refractivity contribution in [3.63, 3.8) is 0 Å². The van der Waals surface area contributed by atoms with E-state index in [1.165, 1.54) is 23.3 Å². The molecule has 0 radical (unpaired) electrons. The summed E-state index contributed by atoms with van der Waals surface area (Å²) < 4.78 is 39.7. The second-order valence-electron chi connectivity index (χ2n) is 6.68. The van der Waals surface area contributed by atoms with Gasteiger partial charge in [-0.2, -0.15) is 18.0 Å². The monoisotopic (exact) mass is 441 g/mol. The molecular weight excluding hydrogens is 427 g/mol. The topological polar surface area (TPSA) is 63.9 Å². The van der Waals surface area contributed by atoms with Crippen molar-refractivity contribution in [2.24, 2.45) is 7.05 Å². The van der Waals surface area contributed by atoms with Crippen molar-refractivity contribution in [3.8, 4) is 11.3 Å².